The van der Waals surface area contributed by atoms with E-state index in [0.717, 1.165) is 16.9 Å². The molecule has 0 aliphatic heterocycles. The average Bonchev–Trinajstić information content (AvgIpc) is 3.12. The number of halogens is 2. The average molecular weight is 414 g/mol. The van der Waals surface area contributed by atoms with E-state index in [2.05, 4.69) is 42.4 Å². The molecule has 0 unspecified atom stereocenters. The molecule has 0 aliphatic carbocycles. The van der Waals surface area contributed by atoms with E-state index in [0.29, 0.717) is 26.5 Å². The van der Waals surface area contributed by atoms with Gasteiger partial charge in [0.15, 0.2) is 0 Å². The summed E-state index contributed by atoms with van der Waals surface area (Å²) in [5, 5.41) is 16.3. The second kappa shape index (κ2) is 8.58. The van der Waals surface area contributed by atoms with Gasteiger partial charge in [0, 0.05) is 27.9 Å². The van der Waals surface area contributed by atoms with E-state index in [-0.39, 0.29) is 0 Å². The van der Waals surface area contributed by atoms with Crippen LogP contribution in [0, 0.1) is 11.3 Å². The second-order valence-corrected chi connectivity index (χ2v) is 7.95. The van der Waals surface area contributed by atoms with E-state index in [1.807, 2.05) is 23.6 Å². The summed E-state index contributed by atoms with van der Waals surface area (Å²) in [7, 11) is 0. The molecular weight excluding hydrogens is 397 g/mol. The van der Waals surface area contributed by atoms with Crippen LogP contribution in [0.25, 0.3) is 16.8 Å². The van der Waals surface area contributed by atoms with Gasteiger partial charge in [-0.25, -0.2) is 4.98 Å². The number of anilines is 1. The van der Waals surface area contributed by atoms with Crippen molar-refractivity contribution in [1.29, 1.82) is 5.26 Å². The molecule has 0 spiro atoms. The molecule has 0 amide bonds. The fraction of sp³-hybridized carbons (Fsp3) is 0.143. The fourth-order valence-electron chi connectivity index (χ4n) is 2.48. The van der Waals surface area contributed by atoms with Gasteiger partial charge in [0.1, 0.15) is 16.6 Å². The zero-order chi connectivity index (χ0) is 19.4. The van der Waals surface area contributed by atoms with Gasteiger partial charge >= 0.3 is 0 Å². The lowest BCUT2D eigenvalue weighted by atomic mass is 10.0. The van der Waals surface area contributed by atoms with Crippen molar-refractivity contribution in [3.8, 4) is 17.3 Å². The van der Waals surface area contributed by atoms with Crippen molar-refractivity contribution < 1.29 is 0 Å². The minimum absolute atomic E-state index is 0.462. The highest BCUT2D eigenvalue weighted by molar-refractivity contribution is 7.11. The Morgan fingerprint density at radius 2 is 1.93 bits per heavy atom. The van der Waals surface area contributed by atoms with E-state index in [1.165, 1.54) is 16.9 Å². The molecule has 3 nitrogen and oxygen atoms in total. The Balaban J connectivity index is 1.81. The van der Waals surface area contributed by atoms with Gasteiger partial charge in [0.05, 0.1) is 10.7 Å². The minimum Gasteiger partial charge on any atom is -0.360 e. The number of thiazole rings is 1. The standard InChI is InChI=1S/C21H17Cl2N3S/c1-13(2)14-3-6-17(7-4-14)25-11-15(10-24)21-26-20(12-27-21)18-8-5-16(22)9-19(18)23/h3-9,11-13,25H,1-2H3/b15-11+. The van der Waals surface area contributed by atoms with Crippen molar-refractivity contribution >= 4 is 45.8 Å². The Morgan fingerprint density at radius 3 is 2.56 bits per heavy atom. The first-order chi connectivity index (χ1) is 13.0. The third-order valence-corrected chi connectivity index (χ3v) is 5.45. The van der Waals surface area contributed by atoms with Crippen molar-refractivity contribution in [2.75, 3.05) is 5.32 Å². The van der Waals surface area contributed by atoms with Crippen LogP contribution in [0.4, 0.5) is 5.69 Å². The van der Waals surface area contributed by atoms with Gasteiger partial charge in [-0.2, -0.15) is 5.26 Å². The molecule has 0 saturated carbocycles. The Hall–Kier alpha value is -2.32. The van der Waals surface area contributed by atoms with Crippen LogP contribution in [0.3, 0.4) is 0 Å². The van der Waals surface area contributed by atoms with E-state index in [4.69, 9.17) is 23.2 Å². The summed E-state index contributed by atoms with van der Waals surface area (Å²) in [6.07, 6.45) is 1.68. The number of hydrogen-bond acceptors (Lipinski definition) is 4. The second-order valence-electron chi connectivity index (χ2n) is 6.25. The predicted molar refractivity (Wildman–Crippen MR) is 115 cm³/mol. The van der Waals surface area contributed by atoms with Gasteiger partial charge in [0.2, 0.25) is 0 Å². The van der Waals surface area contributed by atoms with Crippen LogP contribution in [0.1, 0.15) is 30.3 Å². The van der Waals surface area contributed by atoms with Crippen molar-refractivity contribution in [3.05, 3.63) is 74.7 Å². The van der Waals surface area contributed by atoms with Crippen molar-refractivity contribution in [1.82, 2.24) is 4.98 Å². The molecule has 27 heavy (non-hydrogen) atoms. The van der Waals surface area contributed by atoms with Gasteiger partial charge in [-0.15, -0.1) is 11.3 Å². The number of benzene rings is 2. The SMILES string of the molecule is CC(C)c1ccc(N/C=C(\C#N)c2nc(-c3ccc(Cl)cc3Cl)cs2)cc1. The summed E-state index contributed by atoms with van der Waals surface area (Å²) >= 11 is 13.6. The molecule has 6 heteroatoms. The molecule has 0 aliphatic rings. The molecule has 0 atom stereocenters. The maximum atomic E-state index is 9.51. The number of nitriles is 1. The first kappa shape index (κ1) is 19.4. The molecule has 3 aromatic rings. The molecule has 0 radical (unpaired) electrons. The van der Waals surface area contributed by atoms with E-state index >= 15 is 0 Å². The van der Waals surface area contributed by atoms with Crippen molar-refractivity contribution in [2.45, 2.75) is 19.8 Å². The quantitative estimate of drug-likeness (QED) is 0.449. The van der Waals surface area contributed by atoms with E-state index < -0.39 is 0 Å². The normalized spacial score (nSPS) is 11.5. The van der Waals surface area contributed by atoms with Gasteiger partial charge < -0.3 is 5.32 Å². The first-order valence-corrected chi connectivity index (χ1v) is 9.99. The molecule has 0 fully saturated rings. The lowest BCUT2D eigenvalue weighted by Gasteiger charge is -2.07. The molecule has 0 saturated heterocycles. The third-order valence-electron chi connectivity index (χ3n) is 4.02. The molecular formula is C21H17Cl2N3S. The highest BCUT2D eigenvalue weighted by Crippen LogP contribution is 2.32. The summed E-state index contributed by atoms with van der Waals surface area (Å²) in [4.78, 5) is 4.55. The number of nitrogens with one attached hydrogen (secondary N) is 1. The number of aromatic nitrogens is 1. The van der Waals surface area contributed by atoms with Gasteiger partial charge in [-0.05, 0) is 41.8 Å². The highest BCUT2D eigenvalue weighted by atomic mass is 35.5. The van der Waals surface area contributed by atoms with Crippen LogP contribution >= 0.6 is 34.5 Å². The Kier molecular flexibility index (Phi) is 6.18. The van der Waals surface area contributed by atoms with Crippen molar-refractivity contribution in [3.63, 3.8) is 0 Å². The smallest absolute Gasteiger partial charge is 0.136 e. The largest absolute Gasteiger partial charge is 0.360 e. The van der Waals surface area contributed by atoms with Gasteiger partial charge in [-0.3, -0.25) is 0 Å². The monoisotopic (exact) mass is 413 g/mol. The molecule has 1 N–H and O–H groups in total. The van der Waals surface area contributed by atoms with Crippen LogP contribution in [-0.2, 0) is 0 Å². The minimum atomic E-state index is 0.462. The summed E-state index contributed by atoms with van der Waals surface area (Å²) in [6.45, 7) is 4.31. The molecule has 1 heterocycles. The molecule has 2 aromatic carbocycles. The first-order valence-electron chi connectivity index (χ1n) is 8.36. The zero-order valence-electron chi connectivity index (χ0n) is 14.8. The van der Waals surface area contributed by atoms with Crippen LogP contribution < -0.4 is 5.32 Å². The number of hydrogen-bond donors (Lipinski definition) is 1. The molecule has 0 bridgehead atoms. The van der Waals surface area contributed by atoms with Gasteiger partial charge in [-0.1, -0.05) is 49.2 Å². The number of allylic oxidation sites excluding steroid dienone is 1. The van der Waals surface area contributed by atoms with E-state index in [1.54, 1.807) is 18.3 Å². The van der Waals surface area contributed by atoms with Crippen molar-refractivity contribution in [2.24, 2.45) is 0 Å². The maximum Gasteiger partial charge on any atom is 0.136 e. The molecule has 136 valence electrons. The molecule has 1 aromatic heterocycles. The third kappa shape index (κ3) is 4.70. The summed E-state index contributed by atoms with van der Waals surface area (Å²) in [6, 6.07) is 15.6. The Labute approximate surface area is 172 Å². The summed E-state index contributed by atoms with van der Waals surface area (Å²) < 4.78 is 0. The number of nitrogens with zero attached hydrogens (tertiary/aromatic N) is 2. The zero-order valence-corrected chi connectivity index (χ0v) is 17.2. The highest BCUT2D eigenvalue weighted by Gasteiger charge is 2.11. The van der Waals surface area contributed by atoms with Crippen LogP contribution in [0.2, 0.25) is 10.0 Å². The van der Waals surface area contributed by atoms with Crippen LogP contribution in [0.5, 0.6) is 0 Å². The van der Waals surface area contributed by atoms with Gasteiger partial charge in [0.25, 0.3) is 0 Å². The Morgan fingerprint density at radius 1 is 1.19 bits per heavy atom. The predicted octanol–water partition coefficient (Wildman–Crippen LogP) is 7.22. The maximum absolute atomic E-state index is 9.51. The summed E-state index contributed by atoms with van der Waals surface area (Å²) in [5.41, 5.74) is 4.17. The lowest BCUT2D eigenvalue weighted by molar-refractivity contribution is 0.867. The lowest BCUT2D eigenvalue weighted by Crippen LogP contribution is -1.92. The Bertz CT molecular complexity index is 1010. The van der Waals surface area contributed by atoms with Crippen LogP contribution in [0.15, 0.2) is 54.0 Å². The summed E-state index contributed by atoms with van der Waals surface area (Å²) in [5.74, 6) is 0.484. The topological polar surface area (TPSA) is 48.7 Å². The fourth-order valence-corrected chi connectivity index (χ4v) is 3.77. The number of rotatable bonds is 5. The van der Waals surface area contributed by atoms with E-state index in [9.17, 15) is 5.26 Å². The molecule has 3 rings (SSSR count). The van der Waals surface area contributed by atoms with Crippen LogP contribution in [-0.4, -0.2) is 4.98 Å².